The molecule has 114 valence electrons. The summed E-state index contributed by atoms with van der Waals surface area (Å²) >= 11 is 0. The minimum Gasteiger partial charge on any atom is -0.493 e. The monoisotopic (exact) mass is 298 g/mol. The van der Waals surface area contributed by atoms with Gasteiger partial charge in [-0.1, -0.05) is 18.2 Å². The van der Waals surface area contributed by atoms with Crippen LogP contribution < -0.4 is 10.1 Å². The molecule has 1 aliphatic heterocycles. The first kappa shape index (κ1) is 13.3. The average molecular weight is 298 g/mol. The molecule has 1 amide bonds. The van der Waals surface area contributed by atoms with Gasteiger partial charge in [-0.05, 0) is 32.3 Å². The molecule has 6 heteroatoms. The van der Waals surface area contributed by atoms with Crippen molar-refractivity contribution in [2.75, 3.05) is 11.9 Å². The minimum absolute atomic E-state index is 0.0573. The highest BCUT2D eigenvalue weighted by Gasteiger charge is 2.41. The van der Waals surface area contributed by atoms with Gasteiger partial charge in [-0.25, -0.2) is 0 Å². The largest absolute Gasteiger partial charge is 0.493 e. The van der Waals surface area contributed by atoms with Crippen LogP contribution in [0.2, 0.25) is 0 Å². The number of ether oxygens (including phenoxy) is 1. The minimum atomic E-state index is -0.616. The molecule has 1 aromatic heterocycles. The molecule has 0 saturated heterocycles. The molecule has 1 aliphatic carbocycles. The summed E-state index contributed by atoms with van der Waals surface area (Å²) in [5.74, 6) is 1.27. The number of rotatable bonds is 3. The number of hydrogen-bond donors (Lipinski definition) is 1. The summed E-state index contributed by atoms with van der Waals surface area (Å²) in [5, 5.41) is 10.9. The van der Waals surface area contributed by atoms with E-state index in [-0.39, 0.29) is 5.91 Å². The maximum absolute atomic E-state index is 12.9. The van der Waals surface area contributed by atoms with Crippen molar-refractivity contribution in [3.8, 4) is 5.75 Å². The fourth-order valence-corrected chi connectivity index (χ4v) is 2.98. The topological polar surface area (TPSA) is 69.0 Å². The van der Waals surface area contributed by atoms with E-state index >= 15 is 0 Å². The van der Waals surface area contributed by atoms with Crippen LogP contribution in [0.15, 0.2) is 30.6 Å². The van der Waals surface area contributed by atoms with Gasteiger partial charge in [0, 0.05) is 11.6 Å². The normalized spacial score (nSPS) is 23.5. The van der Waals surface area contributed by atoms with Crippen molar-refractivity contribution in [2.45, 2.75) is 37.6 Å². The molecular weight excluding hydrogens is 280 g/mol. The zero-order chi connectivity index (χ0) is 15.2. The maximum Gasteiger partial charge on any atom is 0.237 e. The highest BCUT2D eigenvalue weighted by atomic mass is 16.5. The van der Waals surface area contributed by atoms with Crippen LogP contribution in [0.3, 0.4) is 0 Å². The molecule has 2 aliphatic rings. The number of hydrogen-bond acceptors (Lipinski definition) is 4. The van der Waals surface area contributed by atoms with Gasteiger partial charge in [0.2, 0.25) is 11.9 Å². The van der Waals surface area contributed by atoms with Crippen LogP contribution in [0.4, 0.5) is 5.95 Å². The first-order valence-corrected chi connectivity index (χ1v) is 7.62. The molecule has 1 N–H and O–H groups in total. The maximum atomic E-state index is 12.9. The van der Waals surface area contributed by atoms with Gasteiger partial charge in [0.1, 0.15) is 12.1 Å². The van der Waals surface area contributed by atoms with Gasteiger partial charge in [-0.2, -0.15) is 0 Å². The van der Waals surface area contributed by atoms with E-state index in [1.807, 2.05) is 35.8 Å². The molecule has 1 atom stereocenters. The number of carbonyl (C=O) groups excluding carboxylic acids is 1. The number of amides is 1. The summed E-state index contributed by atoms with van der Waals surface area (Å²) in [6, 6.07) is 8.16. The van der Waals surface area contributed by atoms with Crippen LogP contribution >= 0.6 is 0 Å². The Bertz CT molecular complexity index is 722. The number of fused-ring (bicyclic) bond motifs is 1. The zero-order valence-electron chi connectivity index (χ0n) is 12.5. The number of nitrogens with zero attached hydrogens (tertiary/aromatic N) is 3. The molecule has 22 heavy (non-hydrogen) atoms. The molecule has 0 radical (unpaired) electrons. The smallest absolute Gasteiger partial charge is 0.237 e. The predicted molar refractivity (Wildman–Crippen MR) is 80.8 cm³/mol. The number of carbonyl (C=O) groups is 1. The average Bonchev–Trinajstić information content (AvgIpc) is 3.28. The van der Waals surface area contributed by atoms with Crippen molar-refractivity contribution >= 4 is 11.9 Å². The first-order valence-electron chi connectivity index (χ1n) is 7.62. The van der Waals surface area contributed by atoms with Crippen molar-refractivity contribution in [1.82, 2.24) is 14.8 Å². The van der Waals surface area contributed by atoms with E-state index in [1.165, 1.54) is 0 Å². The molecule has 6 nitrogen and oxygen atoms in total. The molecule has 2 aromatic rings. The van der Waals surface area contributed by atoms with E-state index in [9.17, 15) is 4.79 Å². The van der Waals surface area contributed by atoms with Gasteiger partial charge >= 0.3 is 0 Å². The second-order valence-corrected chi connectivity index (χ2v) is 6.17. The molecule has 1 aromatic carbocycles. The molecule has 0 spiro atoms. The summed E-state index contributed by atoms with van der Waals surface area (Å²) in [6.45, 7) is 2.50. The Kier molecular flexibility index (Phi) is 2.92. The Morgan fingerprint density at radius 3 is 3.05 bits per heavy atom. The fraction of sp³-hybridized carbons (Fsp3) is 0.438. The molecule has 0 unspecified atom stereocenters. The van der Waals surface area contributed by atoms with Crippen LogP contribution in [0.25, 0.3) is 0 Å². The van der Waals surface area contributed by atoms with Gasteiger partial charge in [0.05, 0.1) is 12.0 Å². The van der Waals surface area contributed by atoms with E-state index in [1.54, 1.807) is 6.33 Å². The summed E-state index contributed by atoms with van der Waals surface area (Å²) in [7, 11) is 0. The number of benzene rings is 1. The third-order valence-electron chi connectivity index (χ3n) is 4.58. The van der Waals surface area contributed by atoms with Crippen LogP contribution in [0.5, 0.6) is 5.75 Å². The molecule has 2 heterocycles. The molecule has 0 bridgehead atoms. The molecular formula is C16H18N4O2. The first-order chi connectivity index (χ1) is 10.7. The Morgan fingerprint density at radius 1 is 1.41 bits per heavy atom. The lowest BCUT2D eigenvalue weighted by Crippen LogP contribution is -2.42. The Labute approximate surface area is 128 Å². The van der Waals surface area contributed by atoms with Crippen LogP contribution in [0, 0.1) is 0 Å². The summed E-state index contributed by atoms with van der Waals surface area (Å²) in [6.07, 6.45) is 4.57. The lowest BCUT2D eigenvalue weighted by atomic mass is 9.77. The summed E-state index contributed by atoms with van der Waals surface area (Å²) < 4.78 is 7.61. The number of anilines is 1. The van der Waals surface area contributed by atoms with Gasteiger partial charge in [0.25, 0.3) is 0 Å². The lowest BCUT2D eigenvalue weighted by Gasteiger charge is -2.34. The molecule has 1 fully saturated rings. The highest BCUT2D eigenvalue weighted by molar-refractivity contribution is 5.98. The number of para-hydroxylation sites is 1. The van der Waals surface area contributed by atoms with E-state index < -0.39 is 5.41 Å². The second-order valence-electron chi connectivity index (χ2n) is 6.17. The predicted octanol–water partition coefficient (Wildman–Crippen LogP) is 2.29. The van der Waals surface area contributed by atoms with Gasteiger partial charge in [-0.15, -0.1) is 10.2 Å². The number of nitrogens with one attached hydrogen (secondary N) is 1. The zero-order valence-corrected chi connectivity index (χ0v) is 12.5. The SMILES string of the molecule is C[C@@]1(C(=O)Nc2nncn2C2CC2)CCOc2ccccc21. The van der Waals surface area contributed by atoms with E-state index in [0.717, 1.165) is 24.2 Å². The molecule has 4 rings (SSSR count). The standard InChI is InChI=1S/C16H18N4O2/c1-16(8-9-22-13-5-3-2-4-12(13)16)14(21)18-15-19-17-10-20(15)11-6-7-11/h2-5,10-11H,6-9H2,1H3,(H,18,19,21)/t16-/m1/s1. The Hall–Kier alpha value is -2.37. The van der Waals surface area contributed by atoms with Gasteiger partial charge in [-0.3, -0.25) is 14.7 Å². The van der Waals surface area contributed by atoms with Crippen molar-refractivity contribution in [1.29, 1.82) is 0 Å². The summed E-state index contributed by atoms with van der Waals surface area (Å²) in [5.41, 5.74) is 0.311. The Balaban J connectivity index is 1.63. The van der Waals surface area contributed by atoms with Crippen molar-refractivity contribution in [2.24, 2.45) is 0 Å². The molecule has 1 saturated carbocycles. The quantitative estimate of drug-likeness (QED) is 0.944. The van der Waals surface area contributed by atoms with Crippen molar-refractivity contribution in [3.63, 3.8) is 0 Å². The lowest BCUT2D eigenvalue weighted by molar-refractivity contribution is -0.122. The van der Waals surface area contributed by atoms with Crippen LogP contribution in [-0.4, -0.2) is 27.3 Å². The van der Waals surface area contributed by atoms with E-state index in [2.05, 4.69) is 15.5 Å². The van der Waals surface area contributed by atoms with Crippen molar-refractivity contribution in [3.05, 3.63) is 36.2 Å². The van der Waals surface area contributed by atoms with E-state index in [0.29, 0.717) is 25.0 Å². The second kappa shape index (κ2) is 4.83. The van der Waals surface area contributed by atoms with Gasteiger partial charge in [0.15, 0.2) is 0 Å². The Morgan fingerprint density at radius 2 is 2.23 bits per heavy atom. The summed E-state index contributed by atoms with van der Waals surface area (Å²) in [4.78, 5) is 12.9. The van der Waals surface area contributed by atoms with E-state index in [4.69, 9.17) is 4.74 Å². The number of aromatic nitrogens is 3. The third-order valence-corrected chi connectivity index (χ3v) is 4.58. The fourth-order valence-electron chi connectivity index (χ4n) is 2.98. The van der Waals surface area contributed by atoms with Crippen LogP contribution in [-0.2, 0) is 10.2 Å². The van der Waals surface area contributed by atoms with Gasteiger partial charge < -0.3 is 4.74 Å². The third kappa shape index (κ3) is 2.06. The van der Waals surface area contributed by atoms with Crippen molar-refractivity contribution < 1.29 is 9.53 Å². The van der Waals surface area contributed by atoms with Crippen LogP contribution in [0.1, 0.15) is 37.8 Å². The highest BCUT2D eigenvalue weighted by Crippen LogP contribution is 2.40.